The van der Waals surface area contributed by atoms with Gasteiger partial charge in [-0.25, -0.2) is 4.98 Å². The van der Waals surface area contributed by atoms with Crippen LogP contribution in [0, 0.1) is 11.3 Å². The average Bonchev–Trinajstić information content (AvgIpc) is 3.63. The summed E-state index contributed by atoms with van der Waals surface area (Å²) >= 11 is 6.20. The molecule has 48 heavy (non-hydrogen) atoms. The van der Waals surface area contributed by atoms with E-state index in [9.17, 15) is 9.59 Å². The number of carbonyl (C=O) groups is 2. The smallest absolute Gasteiger partial charge is 0.246 e. The molecule has 6 rings (SSSR count). The van der Waals surface area contributed by atoms with E-state index in [4.69, 9.17) is 16.3 Å². The fourth-order valence-corrected chi connectivity index (χ4v) is 8.43. The number of hydrogen-bond acceptors (Lipinski definition) is 6. The molecule has 2 aliphatic carbocycles. The molecule has 1 saturated heterocycles. The van der Waals surface area contributed by atoms with Gasteiger partial charge in [0.05, 0.1) is 12.6 Å². The SMILES string of the molecule is O=C(COCc1ccccc1)N[C@H]1CC[C@@H](N[C@H](Cc2ccc(Cl)cc2)C(=O)N2CCC(Cn3cncn3)(C3CCCCC3)CC2)CC1. The maximum atomic E-state index is 14.3. The van der Waals surface area contributed by atoms with Gasteiger partial charge in [0.15, 0.2) is 0 Å². The molecule has 0 unspecified atom stereocenters. The van der Waals surface area contributed by atoms with Crippen molar-refractivity contribution in [1.82, 2.24) is 30.3 Å². The second kappa shape index (κ2) is 16.9. The van der Waals surface area contributed by atoms with E-state index in [1.54, 1.807) is 6.33 Å². The van der Waals surface area contributed by atoms with Crippen LogP contribution in [0.3, 0.4) is 0 Å². The van der Waals surface area contributed by atoms with Crippen molar-refractivity contribution in [2.45, 2.75) is 108 Å². The third-order valence-electron chi connectivity index (χ3n) is 11.0. The van der Waals surface area contributed by atoms with Crippen molar-refractivity contribution in [3.8, 4) is 0 Å². The van der Waals surface area contributed by atoms with Gasteiger partial charge >= 0.3 is 0 Å². The predicted molar refractivity (Wildman–Crippen MR) is 187 cm³/mol. The third kappa shape index (κ3) is 9.45. The quantitative estimate of drug-likeness (QED) is 0.232. The second-order valence-corrected chi connectivity index (χ2v) is 14.7. The van der Waals surface area contributed by atoms with E-state index < -0.39 is 0 Å². The Morgan fingerprint density at radius 1 is 0.896 bits per heavy atom. The number of piperidine rings is 1. The Morgan fingerprint density at radius 2 is 1.60 bits per heavy atom. The predicted octanol–water partition coefficient (Wildman–Crippen LogP) is 5.97. The Balaban J connectivity index is 1.04. The van der Waals surface area contributed by atoms with Crippen molar-refractivity contribution in [2.24, 2.45) is 11.3 Å². The number of carbonyl (C=O) groups excluding carboxylic acids is 2. The summed E-state index contributed by atoms with van der Waals surface area (Å²) in [6.07, 6.45) is 16.1. The molecule has 0 radical (unpaired) electrons. The van der Waals surface area contributed by atoms with Gasteiger partial charge in [-0.05, 0) is 92.4 Å². The van der Waals surface area contributed by atoms with Crippen LogP contribution in [0.1, 0.15) is 81.8 Å². The third-order valence-corrected chi connectivity index (χ3v) is 11.3. The van der Waals surface area contributed by atoms with Gasteiger partial charge in [-0.3, -0.25) is 14.3 Å². The van der Waals surface area contributed by atoms with Gasteiger partial charge in [0.25, 0.3) is 0 Å². The monoisotopic (exact) mass is 674 g/mol. The molecule has 9 nitrogen and oxygen atoms in total. The Labute approximate surface area is 290 Å². The van der Waals surface area contributed by atoms with E-state index in [-0.39, 0.29) is 42.0 Å². The highest BCUT2D eigenvalue weighted by atomic mass is 35.5. The average molecular weight is 675 g/mol. The van der Waals surface area contributed by atoms with E-state index in [0.29, 0.717) is 24.0 Å². The van der Waals surface area contributed by atoms with Gasteiger partial charge in [-0.15, -0.1) is 0 Å². The minimum Gasteiger partial charge on any atom is -0.367 e. The molecule has 1 atom stereocenters. The van der Waals surface area contributed by atoms with Crippen LogP contribution < -0.4 is 10.6 Å². The molecule has 258 valence electrons. The molecule has 2 N–H and O–H groups in total. The number of likely N-dealkylation sites (tertiary alicyclic amines) is 1. The van der Waals surface area contributed by atoms with Crippen molar-refractivity contribution in [1.29, 1.82) is 0 Å². The van der Waals surface area contributed by atoms with E-state index in [1.165, 1.54) is 32.1 Å². The molecule has 0 bridgehead atoms. The maximum absolute atomic E-state index is 14.3. The first-order chi connectivity index (χ1) is 23.5. The number of ether oxygens (including phenoxy) is 1. The van der Waals surface area contributed by atoms with Crippen molar-refractivity contribution >= 4 is 23.4 Å². The van der Waals surface area contributed by atoms with Crippen LogP contribution in [0.15, 0.2) is 67.3 Å². The Morgan fingerprint density at radius 3 is 2.29 bits per heavy atom. The van der Waals surface area contributed by atoms with E-state index >= 15 is 0 Å². The van der Waals surface area contributed by atoms with Crippen LogP contribution in [0.2, 0.25) is 5.02 Å². The number of amides is 2. The zero-order chi connectivity index (χ0) is 33.2. The number of rotatable bonds is 13. The summed E-state index contributed by atoms with van der Waals surface area (Å²) in [6, 6.07) is 17.8. The second-order valence-electron chi connectivity index (χ2n) is 14.3. The summed E-state index contributed by atoms with van der Waals surface area (Å²) < 4.78 is 7.64. The number of nitrogens with one attached hydrogen (secondary N) is 2. The summed E-state index contributed by atoms with van der Waals surface area (Å²) in [5.41, 5.74) is 2.31. The van der Waals surface area contributed by atoms with Crippen LogP contribution in [0.25, 0.3) is 0 Å². The van der Waals surface area contributed by atoms with Crippen molar-refractivity contribution in [2.75, 3.05) is 19.7 Å². The summed E-state index contributed by atoms with van der Waals surface area (Å²) in [7, 11) is 0. The van der Waals surface area contributed by atoms with Crippen LogP contribution in [0.4, 0.5) is 0 Å². The number of benzene rings is 2. The fraction of sp³-hybridized carbons (Fsp3) is 0.579. The van der Waals surface area contributed by atoms with Crippen molar-refractivity contribution < 1.29 is 14.3 Å². The van der Waals surface area contributed by atoms with Gasteiger partial charge in [0.2, 0.25) is 11.8 Å². The molecule has 2 aromatic carbocycles. The lowest BCUT2D eigenvalue weighted by Crippen LogP contribution is -2.56. The number of halogens is 1. The Bertz CT molecular complexity index is 1410. The highest BCUT2D eigenvalue weighted by molar-refractivity contribution is 6.30. The van der Waals surface area contributed by atoms with E-state index in [0.717, 1.165) is 69.3 Å². The van der Waals surface area contributed by atoms with Crippen LogP contribution >= 0.6 is 11.6 Å². The summed E-state index contributed by atoms with van der Waals surface area (Å²) in [4.78, 5) is 33.2. The molecular formula is C38H51ClN6O3. The zero-order valence-electron chi connectivity index (χ0n) is 28.1. The maximum Gasteiger partial charge on any atom is 0.246 e. The summed E-state index contributed by atoms with van der Waals surface area (Å²) in [5, 5.41) is 12.1. The molecule has 0 spiro atoms. The van der Waals surface area contributed by atoms with Gasteiger partial charge in [-0.1, -0.05) is 73.3 Å². The number of hydrogen-bond donors (Lipinski definition) is 2. The van der Waals surface area contributed by atoms with Gasteiger partial charge < -0.3 is 20.3 Å². The van der Waals surface area contributed by atoms with Crippen molar-refractivity contribution in [3.05, 3.63) is 83.4 Å². The molecule has 3 aromatic rings. The highest BCUT2D eigenvalue weighted by Crippen LogP contribution is 2.47. The van der Waals surface area contributed by atoms with E-state index in [1.807, 2.05) is 65.6 Å². The first-order valence-corrected chi connectivity index (χ1v) is 18.4. The number of aromatic nitrogens is 3. The zero-order valence-corrected chi connectivity index (χ0v) is 28.8. The fourth-order valence-electron chi connectivity index (χ4n) is 8.31. The number of nitrogens with zero attached hydrogens (tertiary/aromatic N) is 4. The molecule has 1 aliphatic heterocycles. The lowest BCUT2D eigenvalue weighted by molar-refractivity contribution is -0.137. The Kier molecular flexibility index (Phi) is 12.2. The van der Waals surface area contributed by atoms with Crippen LogP contribution in [0.5, 0.6) is 0 Å². The topological polar surface area (TPSA) is 101 Å². The van der Waals surface area contributed by atoms with Crippen molar-refractivity contribution in [3.63, 3.8) is 0 Å². The molecule has 2 heterocycles. The van der Waals surface area contributed by atoms with Crippen LogP contribution in [-0.2, 0) is 33.9 Å². The van der Waals surface area contributed by atoms with Crippen LogP contribution in [-0.4, -0.2) is 69.3 Å². The normalized spacial score (nSPS) is 22.2. The Hall–Kier alpha value is -3.27. The molecule has 2 amide bonds. The van der Waals surface area contributed by atoms with E-state index in [2.05, 4.69) is 25.6 Å². The lowest BCUT2D eigenvalue weighted by Gasteiger charge is -2.48. The first kappa shape index (κ1) is 34.6. The molecule has 3 fully saturated rings. The standard InChI is InChI=1S/C38H51ClN6O3/c39-32-13-11-29(12-14-32)23-35(42-33-15-17-34(18-16-33)43-36(46)25-48-24-30-7-3-1-4-8-30)37(47)44-21-19-38(20-22-44,26-45-28-40-27-41-45)31-9-5-2-6-10-31/h1,3-4,7-8,11-14,27-28,31,33-35,42H,2,5-6,9-10,15-26H2,(H,43,46)/t33-,34+,35-/m1/s1. The molecule has 10 heteroatoms. The van der Waals surface area contributed by atoms with Gasteiger partial charge in [0.1, 0.15) is 19.3 Å². The minimum atomic E-state index is -0.314. The minimum absolute atomic E-state index is 0.0570. The van der Waals surface area contributed by atoms with Gasteiger partial charge in [0, 0.05) is 36.7 Å². The largest absolute Gasteiger partial charge is 0.367 e. The molecule has 3 aliphatic rings. The highest BCUT2D eigenvalue weighted by Gasteiger charge is 2.44. The summed E-state index contributed by atoms with van der Waals surface area (Å²) in [6.45, 7) is 2.91. The first-order valence-electron chi connectivity index (χ1n) is 18.0. The lowest BCUT2D eigenvalue weighted by atomic mass is 9.63. The summed E-state index contributed by atoms with van der Waals surface area (Å²) in [5.74, 6) is 0.784. The molecule has 2 saturated carbocycles. The van der Waals surface area contributed by atoms with Gasteiger partial charge in [-0.2, -0.15) is 5.10 Å². The molecule has 1 aromatic heterocycles. The molecular weight excluding hydrogens is 624 g/mol.